The van der Waals surface area contributed by atoms with Crippen LogP contribution >= 0.6 is 0 Å². The number of hydrogen-bond acceptors (Lipinski definition) is 1. The fourth-order valence-electron chi connectivity index (χ4n) is 5.30. The summed E-state index contributed by atoms with van der Waals surface area (Å²) in [5.41, 5.74) is 6.48. The number of furan rings is 1. The van der Waals surface area contributed by atoms with Gasteiger partial charge in [0.25, 0.3) is 0 Å². The van der Waals surface area contributed by atoms with Gasteiger partial charge in [0.05, 0.1) is 5.56 Å². The fraction of sp³-hybridized carbons (Fsp3) is 0.250. The van der Waals surface area contributed by atoms with Crippen LogP contribution < -0.4 is 4.57 Å². The third-order valence-electron chi connectivity index (χ3n) is 6.80. The summed E-state index contributed by atoms with van der Waals surface area (Å²) >= 11 is 0. The van der Waals surface area contributed by atoms with Crippen LogP contribution in [0.3, 0.4) is 0 Å². The monoisotopic (exact) mass is 393 g/mol. The van der Waals surface area contributed by atoms with E-state index in [9.17, 15) is 0 Å². The van der Waals surface area contributed by atoms with Crippen molar-refractivity contribution >= 4 is 32.7 Å². The topological polar surface area (TPSA) is 17.0 Å². The first-order chi connectivity index (χ1) is 15.1. The van der Waals surface area contributed by atoms with Crippen LogP contribution in [0, 0.1) is 6.92 Å². The van der Waals surface area contributed by atoms with E-state index in [4.69, 9.17) is 5.79 Å². The summed E-state index contributed by atoms with van der Waals surface area (Å²) in [5.74, 6) is -0.441. The van der Waals surface area contributed by atoms with Crippen LogP contribution in [0.2, 0.25) is 0 Å². The molecule has 0 unspecified atom stereocenters. The van der Waals surface area contributed by atoms with Gasteiger partial charge in [0.2, 0.25) is 5.69 Å². The lowest BCUT2D eigenvalue weighted by Gasteiger charge is -2.12. The molecule has 0 saturated heterocycles. The van der Waals surface area contributed by atoms with Crippen LogP contribution in [-0.4, -0.2) is 0 Å². The average Bonchev–Trinajstić information content (AvgIpc) is 3.39. The molecular weight excluding hydrogens is 366 g/mol. The van der Waals surface area contributed by atoms with Gasteiger partial charge in [0.15, 0.2) is 6.20 Å². The molecule has 0 N–H and O–H groups in total. The minimum Gasteiger partial charge on any atom is -0.455 e. The number of pyridine rings is 1. The lowest BCUT2D eigenvalue weighted by atomic mass is 9.92. The second-order valence-corrected chi connectivity index (χ2v) is 8.57. The number of fused-ring (bicyclic) bond motifs is 5. The van der Waals surface area contributed by atoms with E-state index in [-0.39, 0.29) is 0 Å². The molecule has 1 fully saturated rings. The van der Waals surface area contributed by atoms with Crippen molar-refractivity contribution in [3.63, 3.8) is 0 Å². The second-order valence-electron chi connectivity index (χ2n) is 8.57. The first-order valence-electron chi connectivity index (χ1n) is 11.4. The first kappa shape index (κ1) is 16.6. The molecule has 0 bridgehead atoms. The standard InChI is InChI=1S/C28H26NO/c1-18-21-11-5-6-12-22(21)27-23-13-7-8-14-25(23)30-28(27)26(18)24-16-15-20(17-29(24)2)19-9-3-4-10-19/h5-8,11-17,19H,3-4,9-10H2,1-2H3/q+1/i19D. The maximum absolute atomic E-state index is 8.92. The Morgan fingerprint density at radius 1 is 0.900 bits per heavy atom. The molecule has 2 nitrogen and oxygen atoms in total. The quantitative estimate of drug-likeness (QED) is 0.290. The highest BCUT2D eigenvalue weighted by molar-refractivity contribution is 6.23. The highest BCUT2D eigenvalue weighted by Crippen LogP contribution is 2.43. The number of para-hydroxylation sites is 1. The predicted octanol–water partition coefficient (Wildman–Crippen LogP) is 7.20. The van der Waals surface area contributed by atoms with Crippen LogP contribution in [0.4, 0.5) is 0 Å². The summed E-state index contributed by atoms with van der Waals surface area (Å²) in [7, 11) is 2.10. The van der Waals surface area contributed by atoms with Gasteiger partial charge in [-0.05, 0) is 54.1 Å². The van der Waals surface area contributed by atoms with Gasteiger partial charge in [-0.2, -0.15) is 0 Å². The van der Waals surface area contributed by atoms with Gasteiger partial charge in [-0.3, -0.25) is 0 Å². The molecule has 1 aliphatic carbocycles. The Morgan fingerprint density at radius 2 is 1.60 bits per heavy atom. The van der Waals surface area contributed by atoms with E-state index < -0.39 is 5.89 Å². The molecule has 1 saturated carbocycles. The molecule has 2 heterocycles. The number of aromatic nitrogens is 1. The third-order valence-corrected chi connectivity index (χ3v) is 6.80. The number of rotatable bonds is 2. The van der Waals surface area contributed by atoms with Crippen molar-refractivity contribution in [3.05, 3.63) is 78.0 Å². The van der Waals surface area contributed by atoms with Crippen molar-refractivity contribution in [2.24, 2.45) is 7.05 Å². The molecule has 6 rings (SSSR count). The van der Waals surface area contributed by atoms with E-state index in [1.54, 1.807) is 0 Å². The number of aryl methyl sites for hydroxylation is 2. The molecule has 0 aliphatic heterocycles. The molecule has 30 heavy (non-hydrogen) atoms. The molecule has 2 aromatic heterocycles. The van der Waals surface area contributed by atoms with E-state index >= 15 is 0 Å². The summed E-state index contributed by atoms with van der Waals surface area (Å²) in [6, 6.07) is 21.3. The van der Waals surface area contributed by atoms with Gasteiger partial charge < -0.3 is 4.42 Å². The Labute approximate surface area is 178 Å². The summed E-state index contributed by atoms with van der Waals surface area (Å²) in [6.07, 6.45) is 6.37. The zero-order valence-electron chi connectivity index (χ0n) is 18.5. The summed E-state index contributed by atoms with van der Waals surface area (Å²) < 4.78 is 17.6. The van der Waals surface area contributed by atoms with Crippen LogP contribution in [-0.2, 0) is 7.05 Å². The van der Waals surface area contributed by atoms with E-state index in [2.05, 4.69) is 79.3 Å². The van der Waals surface area contributed by atoms with Gasteiger partial charge in [0, 0.05) is 23.8 Å². The van der Waals surface area contributed by atoms with E-state index in [1.807, 2.05) is 6.07 Å². The smallest absolute Gasteiger partial charge is 0.216 e. The number of nitrogens with zero attached hydrogens (tertiary/aromatic N) is 1. The maximum atomic E-state index is 8.92. The van der Waals surface area contributed by atoms with Crippen molar-refractivity contribution in [1.82, 2.24) is 0 Å². The van der Waals surface area contributed by atoms with Gasteiger partial charge >= 0.3 is 0 Å². The predicted molar refractivity (Wildman–Crippen MR) is 124 cm³/mol. The molecule has 0 amide bonds. The SMILES string of the molecule is [2H]C1(c2ccc(-c3c(C)c4ccccc4c4c3oc3ccccc34)[n+](C)c2)CCCC1. The Hall–Kier alpha value is -3.13. The largest absolute Gasteiger partial charge is 0.455 e. The summed E-state index contributed by atoms with van der Waals surface area (Å²) in [5, 5.41) is 4.83. The number of hydrogen-bond donors (Lipinski definition) is 0. The highest BCUT2D eigenvalue weighted by atomic mass is 16.3. The second kappa shape index (κ2) is 6.70. The molecule has 3 aromatic carbocycles. The average molecular weight is 394 g/mol. The van der Waals surface area contributed by atoms with E-state index in [0.717, 1.165) is 59.1 Å². The van der Waals surface area contributed by atoms with Gasteiger partial charge in [-0.25, -0.2) is 4.57 Å². The molecule has 2 heteroatoms. The zero-order valence-corrected chi connectivity index (χ0v) is 17.5. The maximum Gasteiger partial charge on any atom is 0.216 e. The summed E-state index contributed by atoms with van der Waals surface area (Å²) in [6.45, 7) is 2.20. The van der Waals surface area contributed by atoms with Crippen molar-refractivity contribution in [2.75, 3.05) is 0 Å². The highest BCUT2D eigenvalue weighted by Gasteiger charge is 2.25. The summed E-state index contributed by atoms with van der Waals surface area (Å²) in [4.78, 5) is 0. The fourth-order valence-corrected chi connectivity index (χ4v) is 5.30. The van der Waals surface area contributed by atoms with Gasteiger partial charge in [-0.1, -0.05) is 55.3 Å². The number of benzene rings is 3. The molecular formula is C28H26NO+. The lowest BCUT2D eigenvalue weighted by Crippen LogP contribution is -2.31. The van der Waals surface area contributed by atoms with E-state index in [1.165, 1.54) is 21.7 Å². The minimum atomic E-state index is -0.441. The van der Waals surface area contributed by atoms with Crippen LogP contribution in [0.5, 0.6) is 0 Å². The van der Waals surface area contributed by atoms with E-state index in [0.29, 0.717) is 0 Å². The van der Waals surface area contributed by atoms with Crippen LogP contribution in [0.25, 0.3) is 44.0 Å². The Bertz CT molecular complexity index is 1470. The Kier molecular flexibility index (Phi) is 3.72. The Morgan fingerprint density at radius 3 is 2.37 bits per heavy atom. The normalized spacial score (nSPS) is 16.5. The molecule has 148 valence electrons. The Balaban J connectivity index is 1.68. The lowest BCUT2D eigenvalue weighted by molar-refractivity contribution is -0.660. The molecule has 0 atom stereocenters. The molecule has 0 radical (unpaired) electrons. The first-order valence-corrected chi connectivity index (χ1v) is 10.9. The minimum absolute atomic E-state index is 0.441. The zero-order chi connectivity index (χ0) is 21.2. The molecule has 1 aliphatic rings. The molecule has 5 aromatic rings. The van der Waals surface area contributed by atoms with Gasteiger partial charge in [-0.15, -0.1) is 0 Å². The van der Waals surface area contributed by atoms with Crippen molar-refractivity contribution in [3.8, 4) is 11.3 Å². The molecule has 0 spiro atoms. The van der Waals surface area contributed by atoms with Crippen molar-refractivity contribution < 1.29 is 10.4 Å². The van der Waals surface area contributed by atoms with Crippen LogP contribution in [0.1, 0.15) is 44.1 Å². The van der Waals surface area contributed by atoms with Crippen molar-refractivity contribution in [1.29, 1.82) is 0 Å². The van der Waals surface area contributed by atoms with Crippen LogP contribution in [0.15, 0.2) is 71.3 Å². The van der Waals surface area contributed by atoms with Crippen molar-refractivity contribution in [2.45, 2.75) is 38.5 Å². The van der Waals surface area contributed by atoms with Gasteiger partial charge in [0.1, 0.15) is 18.2 Å². The third kappa shape index (κ3) is 2.53.